The molecule has 6 amide bonds. The number of amides is 6. The molecule has 0 saturated carbocycles. The van der Waals surface area contributed by atoms with Crippen molar-refractivity contribution >= 4 is 59.3 Å². The van der Waals surface area contributed by atoms with E-state index in [1.807, 2.05) is 0 Å². The van der Waals surface area contributed by atoms with Crippen molar-refractivity contribution < 1.29 is 53.7 Å². The molecule has 20 N–H and O–H groups in total. The molecule has 0 aromatic carbocycles. The Kier molecular flexibility index (Phi) is 23.5. The number of carboxylic acids is 2. The SMILES string of the molecule is CC[C@H](C)[C@H](NC(=O)[C@H](CCCN=C(N)N)NC(=O)[C@H](CCC(=O)O)NC(=O)[C@@H](NC(=O)[C@H](C)NC(=O)[C@H](CCCN=C(N)N)NC(=O)[C@@H](N)Cc1cnc[nH]1)[C@@H](C)O)C(=O)O. The molecule has 0 aliphatic rings. The van der Waals surface area contributed by atoms with Crippen LogP contribution in [0.2, 0.25) is 0 Å². The van der Waals surface area contributed by atoms with Crippen LogP contribution in [0.3, 0.4) is 0 Å². The van der Waals surface area contributed by atoms with Gasteiger partial charge in [-0.3, -0.25) is 43.5 Å². The lowest BCUT2D eigenvalue weighted by molar-refractivity contribution is -0.144. The molecule has 26 heteroatoms. The largest absolute Gasteiger partial charge is 0.481 e. The summed E-state index contributed by atoms with van der Waals surface area (Å²) in [4.78, 5) is 118. The monoisotopic (exact) mass is 881 g/mol. The number of nitrogens with one attached hydrogen (secondary N) is 7. The summed E-state index contributed by atoms with van der Waals surface area (Å²) < 4.78 is 0. The van der Waals surface area contributed by atoms with E-state index in [2.05, 4.69) is 51.9 Å². The Hall–Kier alpha value is -6.57. The van der Waals surface area contributed by atoms with Crippen molar-refractivity contribution in [3.8, 4) is 0 Å². The summed E-state index contributed by atoms with van der Waals surface area (Å²) in [6.45, 7) is 5.85. The first-order chi connectivity index (χ1) is 29.1. The summed E-state index contributed by atoms with van der Waals surface area (Å²) in [6, 6.07) is -9.87. The lowest BCUT2D eigenvalue weighted by Gasteiger charge is -2.28. The number of aromatic nitrogens is 2. The minimum atomic E-state index is -1.77. The molecule has 1 heterocycles. The highest BCUT2D eigenvalue weighted by atomic mass is 16.4. The highest BCUT2D eigenvalue weighted by Crippen LogP contribution is 2.11. The van der Waals surface area contributed by atoms with Gasteiger partial charge in [0.2, 0.25) is 35.4 Å². The maximum absolute atomic E-state index is 13.6. The standard InChI is InChI=1S/C36H63N15O11/c1-5-17(2)26(34(61)62)50-32(59)23(9-7-13-44-36(40)41)48-31(58)24(10-11-25(53)54)49-33(60)27(19(4)52)51-28(55)18(3)46-30(57)22(8-6-12-43-35(38)39)47-29(56)21(37)14-20-15-42-16-45-20/h15-19,21-24,26-27,52H,5-14,37H2,1-4H3,(H,42,45)(H,46,57)(H,47,56)(H,48,58)(H,49,60)(H,50,59)(H,51,55)(H,53,54)(H,61,62)(H4,38,39,43)(H4,40,41,44)/t17-,18-,19+,21-,22-,23-,24-,26-,27-/m0/s1. The number of H-pyrrole nitrogens is 1. The smallest absolute Gasteiger partial charge is 0.326 e. The first-order valence-electron chi connectivity index (χ1n) is 19.9. The van der Waals surface area contributed by atoms with Crippen molar-refractivity contribution in [1.82, 2.24) is 41.9 Å². The first kappa shape index (κ1) is 53.4. The number of aliphatic hydroxyl groups excluding tert-OH is 1. The Balaban J connectivity index is 3.23. The van der Waals surface area contributed by atoms with Crippen molar-refractivity contribution in [1.29, 1.82) is 0 Å². The third kappa shape index (κ3) is 20.1. The summed E-state index contributed by atoms with van der Waals surface area (Å²) in [5.41, 5.74) is 28.1. The van der Waals surface area contributed by atoms with Crippen LogP contribution in [-0.4, -0.2) is 146 Å². The second-order valence-corrected chi connectivity index (χ2v) is 14.6. The Morgan fingerprint density at radius 2 is 1.18 bits per heavy atom. The predicted octanol–water partition coefficient (Wildman–Crippen LogP) is -5.31. The van der Waals surface area contributed by atoms with Gasteiger partial charge in [0.25, 0.3) is 0 Å². The number of hydrogen-bond acceptors (Lipinski definition) is 13. The van der Waals surface area contributed by atoms with Crippen molar-refractivity contribution in [3.05, 3.63) is 18.2 Å². The molecule has 26 nitrogen and oxygen atoms in total. The van der Waals surface area contributed by atoms with Crippen molar-refractivity contribution in [3.63, 3.8) is 0 Å². The van der Waals surface area contributed by atoms with Gasteiger partial charge in [-0.1, -0.05) is 20.3 Å². The molecule has 0 radical (unpaired) electrons. The number of aliphatic imine (C=N–C) groups is 2. The fourth-order valence-electron chi connectivity index (χ4n) is 5.62. The fraction of sp³-hybridized carbons (Fsp3) is 0.639. The third-order valence-corrected chi connectivity index (χ3v) is 9.36. The number of hydrogen-bond donors (Lipinski definition) is 15. The molecule has 62 heavy (non-hydrogen) atoms. The highest BCUT2D eigenvalue weighted by molar-refractivity contribution is 5.97. The zero-order valence-electron chi connectivity index (χ0n) is 35.3. The molecule has 1 rings (SSSR count). The zero-order chi connectivity index (χ0) is 47.1. The van der Waals surface area contributed by atoms with Crippen LogP contribution in [0.15, 0.2) is 22.5 Å². The molecule has 1 aromatic rings. The normalized spacial score (nSPS) is 15.3. The summed E-state index contributed by atoms with van der Waals surface area (Å²) in [6.07, 6.45) is 0.782. The van der Waals surface area contributed by atoms with Crippen molar-refractivity contribution in [2.75, 3.05) is 13.1 Å². The Bertz CT molecular complexity index is 1720. The van der Waals surface area contributed by atoms with Gasteiger partial charge < -0.3 is 80.9 Å². The highest BCUT2D eigenvalue weighted by Gasteiger charge is 2.35. The van der Waals surface area contributed by atoms with E-state index >= 15 is 0 Å². The molecule has 0 unspecified atom stereocenters. The molecule has 0 spiro atoms. The Labute approximate surface area is 357 Å². The zero-order valence-corrected chi connectivity index (χ0v) is 35.3. The van der Waals surface area contributed by atoms with E-state index in [9.17, 15) is 53.7 Å². The van der Waals surface area contributed by atoms with Gasteiger partial charge in [-0.25, -0.2) is 9.78 Å². The lowest BCUT2D eigenvalue weighted by atomic mass is 9.98. The van der Waals surface area contributed by atoms with Crippen LogP contribution in [0, 0.1) is 5.92 Å². The summed E-state index contributed by atoms with van der Waals surface area (Å²) in [7, 11) is 0. The minimum absolute atomic E-state index is 0.00869. The number of nitrogens with zero attached hydrogens (tertiary/aromatic N) is 3. The van der Waals surface area contributed by atoms with E-state index in [1.54, 1.807) is 13.8 Å². The van der Waals surface area contributed by atoms with E-state index in [0.29, 0.717) is 12.1 Å². The minimum Gasteiger partial charge on any atom is -0.481 e. The second kappa shape index (κ2) is 27.3. The average molecular weight is 882 g/mol. The fourth-order valence-corrected chi connectivity index (χ4v) is 5.62. The summed E-state index contributed by atoms with van der Waals surface area (Å²) >= 11 is 0. The Morgan fingerprint density at radius 3 is 1.65 bits per heavy atom. The number of carboxylic acid groups (broad SMARTS) is 2. The number of carbonyl (C=O) groups excluding carboxylic acids is 6. The van der Waals surface area contributed by atoms with Crippen LogP contribution < -0.4 is 60.6 Å². The second-order valence-electron chi connectivity index (χ2n) is 14.6. The van der Waals surface area contributed by atoms with E-state index in [0.717, 1.165) is 6.92 Å². The topological polar surface area (TPSA) is 453 Å². The number of nitrogens with two attached hydrogens (primary N) is 5. The van der Waals surface area contributed by atoms with Gasteiger partial charge in [0.05, 0.1) is 18.5 Å². The summed E-state index contributed by atoms with van der Waals surface area (Å²) in [5, 5.41) is 44.1. The van der Waals surface area contributed by atoms with Crippen LogP contribution in [0.4, 0.5) is 0 Å². The van der Waals surface area contributed by atoms with Crippen LogP contribution in [0.25, 0.3) is 0 Å². The van der Waals surface area contributed by atoms with Crippen LogP contribution in [-0.2, 0) is 44.8 Å². The van der Waals surface area contributed by atoms with Gasteiger partial charge in [-0.15, -0.1) is 0 Å². The van der Waals surface area contributed by atoms with Crippen LogP contribution in [0.1, 0.15) is 78.3 Å². The van der Waals surface area contributed by atoms with Gasteiger partial charge in [0.1, 0.15) is 36.3 Å². The van der Waals surface area contributed by atoms with Gasteiger partial charge in [-0.2, -0.15) is 0 Å². The maximum atomic E-state index is 13.6. The molecule has 348 valence electrons. The molecular weight excluding hydrogens is 818 g/mol. The van der Waals surface area contributed by atoms with Gasteiger partial charge in [0, 0.05) is 37.8 Å². The molecule has 1 aromatic heterocycles. The molecule has 9 atom stereocenters. The third-order valence-electron chi connectivity index (χ3n) is 9.36. The number of carbonyl (C=O) groups is 8. The molecule has 0 bridgehead atoms. The number of guanidine groups is 2. The van der Waals surface area contributed by atoms with Crippen molar-refractivity contribution in [2.24, 2.45) is 44.6 Å². The molecule has 0 fully saturated rings. The first-order valence-corrected chi connectivity index (χ1v) is 19.9. The van der Waals surface area contributed by atoms with E-state index in [4.69, 9.17) is 28.7 Å². The van der Waals surface area contributed by atoms with Crippen LogP contribution in [0.5, 0.6) is 0 Å². The van der Waals surface area contributed by atoms with E-state index in [-0.39, 0.29) is 57.1 Å². The lowest BCUT2D eigenvalue weighted by Crippen LogP contribution is -2.61. The molecule has 0 saturated heterocycles. The molecule has 0 aliphatic heterocycles. The van der Waals surface area contributed by atoms with Crippen molar-refractivity contribution in [2.45, 2.75) is 127 Å². The predicted molar refractivity (Wildman–Crippen MR) is 223 cm³/mol. The Morgan fingerprint density at radius 1 is 0.694 bits per heavy atom. The number of aliphatic carboxylic acids is 2. The quantitative estimate of drug-likeness (QED) is 0.0203. The molecular formula is C36H63N15O11. The van der Waals surface area contributed by atoms with Gasteiger partial charge in [0.15, 0.2) is 11.9 Å². The average Bonchev–Trinajstić information content (AvgIpc) is 3.71. The number of aliphatic hydroxyl groups is 1. The summed E-state index contributed by atoms with van der Waals surface area (Å²) in [5.74, 6) is -9.20. The van der Waals surface area contributed by atoms with E-state index in [1.165, 1.54) is 19.4 Å². The van der Waals surface area contributed by atoms with Crippen LogP contribution >= 0.6 is 0 Å². The maximum Gasteiger partial charge on any atom is 0.326 e. The van der Waals surface area contributed by atoms with E-state index < -0.39 is 115 Å². The van der Waals surface area contributed by atoms with Gasteiger partial charge >= 0.3 is 11.9 Å². The number of rotatable bonds is 29. The number of imidazole rings is 1. The van der Waals surface area contributed by atoms with Gasteiger partial charge in [-0.05, 0) is 51.9 Å². The molecule has 0 aliphatic carbocycles. The number of aromatic amines is 1.